The largest absolute Gasteiger partial charge is 0.483 e. The van der Waals surface area contributed by atoms with Crippen molar-refractivity contribution in [3.8, 4) is 5.75 Å². The zero-order chi connectivity index (χ0) is 18.9. The summed E-state index contributed by atoms with van der Waals surface area (Å²) in [7, 11) is -1.30. The summed E-state index contributed by atoms with van der Waals surface area (Å²) in [6, 6.07) is 7.71. The van der Waals surface area contributed by atoms with Crippen LogP contribution in [0, 0.1) is 0 Å². The number of sulfonamides is 1. The van der Waals surface area contributed by atoms with Gasteiger partial charge in [-0.25, -0.2) is 8.42 Å². The smallest absolute Gasteiger partial charge is 0.260 e. The van der Waals surface area contributed by atoms with Crippen molar-refractivity contribution in [1.29, 1.82) is 0 Å². The maximum atomic E-state index is 12.4. The van der Waals surface area contributed by atoms with E-state index in [1.165, 1.54) is 4.31 Å². The van der Waals surface area contributed by atoms with Crippen LogP contribution in [-0.2, 0) is 21.9 Å². The van der Waals surface area contributed by atoms with Gasteiger partial charge in [-0.1, -0.05) is 6.07 Å². The maximum Gasteiger partial charge on any atom is 0.260 e. The molecule has 0 unspecified atom stereocenters. The molecular formula is C18H25N3O4S. The van der Waals surface area contributed by atoms with E-state index >= 15 is 0 Å². The number of hydrogen-bond donors (Lipinski definition) is 0. The molecule has 1 saturated heterocycles. The molecule has 3 rings (SSSR count). The molecule has 0 N–H and O–H groups in total. The van der Waals surface area contributed by atoms with Gasteiger partial charge >= 0.3 is 0 Å². The normalized spacial score (nSPS) is 16.4. The van der Waals surface area contributed by atoms with Crippen LogP contribution in [0.2, 0.25) is 0 Å². The SMILES string of the molecule is CC(C)S(=O)(=O)N1CCN(C(=O)COc2cccc3c2ccn3C)CC1. The number of amides is 1. The van der Waals surface area contributed by atoms with Gasteiger partial charge in [0.05, 0.1) is 10.8 Å². The lowest BCUT2D eigenvalue weighted by molar-refractivity contribution is -0.134. The summed E-state index contributed by atoms with van der Waals surface area (Å²) >= 11 is 0. The molecule has 1 fully saturated rings. The Morgan fingerprint density at radius 1 is 1.15 bits per heavy atom. The van der Waals surface area contributed by atoms with Gasteiger partial charge in [-0.3, -0.25) is 4.79 Å². The van der Waals surface area contributed by atoms with Gasteiger partial charge in [-0.2, -0.15) is 4.31 Å². The van der Waals surface area contributed by atoms with Gasteiger partial charge in [0.15, 0.2) is 6.61 Å². The second-order valence-corrected chi connectivity index (χ2v) is 9.27. The number of benzene rings is 1. The van der Waals surface area contributed by atoms with E-state index in [-0.39, 0.29) is 12.5 Å². The molecular weight excluding hydrogens is 354 g/mol. The predicted octanol–water partition coefficient (Wildman–Crippen LogP) is 1.44. The number of hydrogen-bond acceptors (Lipinski definition) is 4. The van der Waals surface area contributed by atoms with Crippen LogP contribution in [0.3, 0.4) is 0 Å². The summed E-state index contributed by atoms with van der Waals surface area (Å²) in [5.41, 5.74) is 1.04. The van der Waals surface area contributed by atoms with Gasteiger partial charge in [0.25, 0.3) is 5.91 Å². The molecule has 2 heterocycles. The third-order valence-corrected chi connectivity index (χ3v) is 7.06. The second-order valence-electron chi connectivity index (χ2n) is 6.78. The Kier molecular flexibility index (Phi) is 5.24. The number of rotatable bonds is 5. The second kappa shape index (κ2) is 7.28. The number of fused-ring (bicyclic) bond motifs is 1. The van der Waals surface area contributed by atoms with Crippen LogP contribution in [0.4, 0.5) is 0 Å². The quantitative estimate of drug-likeness (QED) is 0.788. The summed E-state index contributed by atoms with van der Waals surface area (Å²) in [6.07, 6.45) is 1.95. The first-order valence-electron chi connectivity index (χ1n) is 8.74. The van der Waals surface area contributed by atoms with Crippen molar-refractivity contribution >= 4 is 26.8 Å². The van der Waals surface area contributed by atoms with E-state index in [9.17, 15) is 13.2 Å². The molecule has 1 aromatic carbocycles. The number of piperazine rings is 1. The number of ether oxygens (including phenoxy) is 1. The Morgan fingerprint density at radius 2 is 1.85 bits per heavy atom. The first-order chi connectivity index (χ1) is 12.3. The summed E-state index contributed by atoms with van der Waals surface area (Å²) in [5, 5.41) is 0.523. The van der Waals surface area contributed by atoms with E-state index in [0.29, 0.717) is 31.9 Å². The molecule has 0 bridgehead atoms. The average Bonchev–Trinajstić information content (AvgIpc) is 3.01. The molecule has 26 heavy (non-hydrogen) atoms. The molecule has 0 aliphatic carbocycles. The fourth-order valence-electron chi connectivity index (χ4n) is 3.12. The monoisotopic (exact) mass is 379 g/mol. The molecule has 0 spiro atoms. The maximum absolute atomic E-state index is 12.4. The highest BCUT2D eigenvalue weighted by molar-refractivity contribution is 7.89. The number of nitrogens with zero attached hydrogens (tertiary/aromatic N) is 3. The summed E-state index contributed by atoms with van der Waals surface area (Å²) in [4.78, 5) is 14.1. The van der Waals surface area contributed by atoms with E-state index < -0.39 is 15.3 Å². The number of carbonyl (C=O) groups is 1. The highest BCUT2D eigenvalue weighted by Gasteiger charge is 2.30. The third kappa shape index (κ3) is 3.57. The van der Waals surface area contributed by atoms with Crippen molar-refractivity contribution in [2.24, 2.45) is 7.05 Å². The molecule has 1 aromatic heterocycles. The molecule has 142 valence electrons. The Bertz CT molecular complexity index is 896. The van der Waals surface area contributed by atoms with E-state index in [2.05, 4.69) is 0 Å². The van der Waals surface area contributed by atoms with Crippen LogP contribution < -0.4 is 4.74 Å². The van der Waals surface area contributed by atoms with Crippen molar-refractivity contribution < 1.29 is 17.9 Å². The number of carbonyl (C=O) groups excluding carboxylic acids is 1. The molecule has 1 amide bonds. The highest BCUT2D eigenvalue weighted by atomic mass is 32.2. The van der Waals surface area contributed by atoms with Crippen molar-refractivity contribution in [3.63, 3.8) is 0 Å². The summed E-state index contributed by atoms with van der Waals surface area (Å²) in [5.74, 6) is 0.553. The Labute approximate surface area is 154 Å². The lowest BCUT2D eigenvalue weighted by atomic mass is 10.2. The minimum Gasteiger partial charge on any atom is -0.483 e. The minimum atomic E-state index is -3.26. The standard InChI is InChI=1S/C18H25N3O4S/c1-14(2)26(23,24)21-11-9-20(10-12-21)18(22)13-25-17-6-4-5-16-15(17)7-8-19(16)3/h4-8,14H,9-13H2,1-3H3. The molecule has 8 heteroatoms. The molecule has 2 aromatic rings. The van der Waals surface area contributed by atoms with Gasteiger partial charge in [0.2, 0.25) is 10.0 Å². The minimum absolute atomic E-state index is 0.0507. The average molecular weight is 379 g/mol. The van der Waals surface area contributed by atoms with Gasteiger partial charge in [-0.05, 0) is 32.0 Å². The fraction of sp³-hybridized carbons (Fsp3) is 0.500. The lowest BCUT2D eigenvalue weighted by Gasteiger charge is -2.34. The van der Waals surface area contributed by atoms with Crippen molar-refractivity contribution in [1.82, 2.24) is 13.8 Å². The molecule has 0 radical (unpaired) electrons. The van der Waals surface area contributed by atoms with Gasteiger partial charge in [0.1, 0.15) is 5.75 Å². The summed E-state index contributed by atoms with van der Waals surface area (Å²) in [6.45, 7) is 4.75. The number of aromatic nitrogens is 1. The molecule has 0 saturated carbocycles. The molecule has 1 aliphatic rings. The van der Waals surface area contributed by atoms with Crippen molar-refractivity contribution in [2.45, 2.75) is 19.1 Å². The Hall–Kier alpha value is -2.06. The predicted molar refractivity (Wildman–Crippen MR) is 101 cm³/mol. The van der Waals surface area contributed by atoms with Gasteiger partial charge < -0.3 is 14.2 Å². The van der Waals surface area contributed by atoms with Gasteiger partial charge in [0, 0.05) is 44.8 Å². The molecule has 1 aliphatic heterocycles. The highest BCUT2D eigenvalue weighted by Crippen LogP contribution is 2.26. The Morgan fingerprint density at radius 3 is 2.50 bits per heavy atom. The van der Waals surface area contributed by atoms with Crippen LogP contribution in [0.1, 0.15) is 13.8 Å². The fourth-order valence-corrected chi connectivity index (χ4v) is 4.39. The molecule has 7 nitrogen and oxygen atoms in total. The lowest BCUT2D eigenvalue weighted by Crippen LogP contribution is -2.52. The van der Waals surface area contributed by atoms with Crippen LogP contribution in [0.15, 0.2) is 30.5 Å². The van der Waals surface area contributed by atoms with E-state index in [0.717, 1.165) is 10.9 Å². The van der Waals surface area contributed by atoms with Crippen LogP contribution >= 0.6 is 0 Å². The van der Waals surface area contributed by atoms with E-state index in [1.807, 2.05) is 42.1 Å². The topological polar surface area (TPSA) is 71.8 Å². The Balaban J connectivity index is 1.58. The van der Waals surface area contributed by atoms with Crippen LogP contribution in [-0.4, -0.2) is 66.1 Å². The molecule has 0 atom stereocenters. The van der Waals surface area contributed by atoms with E-state index in [1.54, 1.807) is 18.7 Å². The first kappa shape index (κ1) is 18.7. The van der Waals surface area contributed by atoms with Crippen LogP contribution in [0.5, 0.6) is 5.75 Å². The zero-order valence-electron chi connectivity index (χ0n) is 15.4. The zero-order valence-corrected chi connectivity index (χ0v) is 16.2. The number of aryl methyl sites for hydroxylation is 1. The first-order valence-corrected chi connectivity index (χ1v) is 10.2. The van der Waals surface area contributed by atoms with Crippen LogP contribution in [0.25, 0.3) is 10.9 Å². The third-order valence-electron chi connectivity index (χ3n) is 4.79. The van der Waals surface area contributed by atoms with Crippen molar-refractivity contribution in [3.05, 3.63) is 30.5 Å². The van der Waals surface area contributed by atoms with Crippen molar-refractivity contribution in [2.75, 3.05) is 32.8 Å². The van der Waals surface area contributed by atoms with Gasteiger partial charge in [-0.15, -0.1) is 0 Å². The summed E-state index contributed by atoms with van der Waals surface area (Å²) < 4.78 is 33.6. The van der Waals surface area contributed by atoms with E-state index in [4.69, 9.17) is 4.74 Å².